The van der Waals surface area contributed by atoms with Crippen LogP contribution in [0, 0.1) is 0 Å². The molecule has 1 aromatic carbocycles. The van der Waals surface area contributed by atoms with E-state index < -0.39 is 10.2 Å². The minimum absolute atomic E-state index is 0.0289. The van der Waals surface area contributed by atoms with Crippen molar-refractivity contribution in [3.63, 3.8) is 0 Å². The van der Waals surface area contributed by atoms with Crippen LogP contribution in [0.5, 0.6) is 0 Å². The molecule has 114 valence electrons. The molecule has 0 bridgehead atoms. The number of benzene rings is 1. The van der Waals surface area contributed by atoms with Crippen LogP contribution in [0.1, 0.15) is 19.8 Å². The van der Waals surface area contributed by atoms with Crippen molar-refractivity contribution in [1.29, 1.82) is 0 Å². The molecule has 0 saturated carbocycles. The summed E-state index contributed by atoms with van der Waals surface area (Å²) in [5.74, 6) is 0.0405. The number of anilines is 1. The van der Waals surface area contributed by atoms with Crippen LogP contribution in [-0.4, -0.2) is 36.3 Å². The Balaban J connectivity index is 2.28. The van der Waals surface area contributed by atoms with Gasteiger partial charge in [-0.15, -0.1) is 0 Å². The predicted octanol–water partition coefficient (Wildman–Crippen LogP) is 2.67. The Labute approximate surface area is 129 Å². The maximum Gasteiger partial charge on any atom is 0.302 e. The molecule has 0 saturated heterocycles. The van der Waals surface area contributed by atoms with E-state index in [4.69, 9.17) is 11.6 Å². The van der Waals surface area contributed by atoms with Gasteiger partial charge in [-0.3, -0.25) is 4.72 Å². The van der Waals surface area contributed by atoms with E-state index in [-0.39, 0.29) is 11.0 Å². The van der Waals surface area contributed by atoms with Crippen molar-refractivity contribution in [2.75, 3.05) is 18.3 Å². The molecule has 0 amide bonds. The van der Waals surface area contributed by atoms with Gasteiger partial charge >= 0.3 is 10.2 Å². The summed E-state index contributed by atoms with van der Waals surface area (Å²) in [6.45, 7) is 2.43. The number of unbranched alkanes of at least 4 members (excludes halogenated alkanes) is 1. The normalized spacial score (nSPS) is 12.0. The highest BCUT2D eigenvalue weighted by Crippen LogP contribution is 2.22. The van der Waals surface area contributed by atoms with E-state index in [1.165, 1.54) is 11.4 Å². The second-order valence-corrected chi connectivity index (χ2v) is 6.77. The van der Waals surface area contributed by atoms with Gasteiger partial charge in [0.25, 0.3) is 0 Å². The third-order valence-electron chi connectivity index (χ3n) is 2.99. The third kappa shape index (κ3) is 3.81. The van der Waals surface area contributed by atoms with Crippen LogP contribution in [0.4, 0.5) is 5.82 Å². The van der Waals surface area contributed by atoms with Crippen molar-refractivity contribution in [2.24, 2.45) is 0 Å². The monoisotopic (exact) mass is 328 g/mol. The summed E-state index contributed by atoms with van der Waals surface area (Å²) in [6, 6.07) is 7.13. The summed E-state index contributed by atoms with van der Waals surface area (Å²) in [6.07, 6.45) is 1.70. The van der Waals surface area contributed by atoms with Crippen molar-refractivity contribution in [2.45, 2.75) is 19.8 Å². The Hall–Kier alpha value is -1.44. The summed E-state index contributed by atoms with van der Waals surface area (Å²) in [4.78, 5) is 8.35. The van der Waals surface area contributed by atoms with Gasteiger partial charge in [0.2, 0.25) is 0 Å². The largest absolute Gasteiger partial charge is 0.302 e. The summed E-state index contributed by atoms with van der Waals surface area (Å²) in [7, 11) is -2.17. The number of hydrogen-bond acceptors (Lipinski definition) is 4. The molecular weight excluding hydrogens is 312 g/mol. The van der Waals surface area contributed by atoms with Gasteiger partial charge in [-0.2, -0.15) is 12.7 Å². The van der Waals surface area contributed by atoms with E-state index in [2.05, 4.69) is 14.7 Å². The SMILES string of the molecule is CCCCN(C)S(=O)(=O)Nc1nc2ccccc2nc1Cl. The molecule has 0 aliphatic carbocycles. The first kappa shape index (κ1) is 15.9. The van der Waals surface area contributed by atoms with Crippen molar-refractivity contribution < 1.29 is 8.42 Å². The highest BCUT2D eigenvalue weighted by atomic mass is 35.5. The molecule has 6 nitrogen and oxygen atoms in total. The molecule has 0 aliphatic rings. The molecule has 2 aromatic rings. The van der Waals surface area contributed by atoms with E-state index in [0.29, 0.717) is 17.6 Å². The molecule has 0 fully saturated rings. The number of nitrogens with zero attached hydrogens (tertiary/aromatic N) is 3. The second-order valence-electron chi connectivity index (χ2n) is 4.63. The fourth-order valence-corrected chi connectivity index (χ4v) is 2.89. The lowest BCUT2D eigenvalue weighted by atomic mass is 10.3. The quantitative estimate of drug-likeness (QED) is 0.884. The Morgan fingerprint density at radius 1 is 1.24 bits per heavy atom. The Morgan fingerprint density at radius 2 is 1.86 bits per heavy atom. The third-order valence-corrected chi connectivity index (χ3v) is 4.71. The number of para-hydroxylation sites is 2. The molecule has 0 radical (unpaired) electrons. The molecule has 1 N–H and O–H groups in total. The molecular formula is C13H17ClN4O2S. The van der Waals surface area contributed by atoms with Crippen LogP contribution >= 0.6 is 11.6 Å². The maximum atomic E-state index is 12.2. The van der Waals surface area contributed by atoms with Gasteiger partial charge in [-0.1, -0.05) is 37.1 Å². The van der Waals surface area contributed by atoms with Crippen molar-refractivity contribution in [3.05, 3.63) is 29.4 Å². The average molecular weight is 329 g/mol. The van der Waals surface area contributed by atoms with Crippen molar-refractivity contribution >= 4 is 38.7 Å². The first-order chi connectivity index (χ1) is 9.94. The molecule has 0 atom stereocenters. The molecule has 0 unspecified atom stereocenters. The maximum absolute atomic E-state index is 12.2. The molecule has 21 heavy (non-hydrogen) atoms. The van der Waals surface area contributed by atoms with Crippen LogP contribution in [0.15, 0.2) is 24.3 Å². The topological polar surface area (TPSA) is 75.2 Å². The van der Waals surface area contributed by atoms with Gasteiger partial charge in [0.1, 0.15) is 0 Å². The zero-order chi connectivity index (χ0) is 15.5. The summed E-state index contributed by atoms with van der Waals surface area (Å²) < 4.78 is 28.0. The summed E-state index contributed by atoms with van der Waals surface area (Å²) in [5, 5.41) is 0.0289. The van der Waals surface area contributed by atoms with E-state index >= 15 is 0 Å². The lowest BCUT2D eigenvalue weighted by molar-refractivity contribution is 0.463. The molecule has 1 heterocycles. The van der Waals surface area contributed by atoms with E-state index in [9.17, 15) is 8.42 Å². The van der Waals surface area contributed by atoms with E-state index in [0.717, 1.165) is 12.8 Å². The highest BCUT2D eigenvalue weighted by Gasteiger charge is 2.20. The Bertz CT molecular complexity index is 736. The van der Waals surface area contributed by atoms with Crippen molar-refractivity contribution in [1.82, 2.24) is 14.3 Å². The van der Waals surface area contributed by atoms with Gasteiger partial charge in [0, 0.05) is 13.6 Å². The van der Waals surface area contributed by atoms with Gasteiger partial charge in [0.05, 0.1) is 11.0 Å². The first-order valence-electron chi connectivity index (χ1n) is 6.60. The molecule has 0 spiro atoms. The average Bonchev–Trinajstić information content (AvgIpc) is 2.45. The minimum atomic E-state index is -3.68. The Kier molecular flexibility index (Phi) is 4.97. The smallest absolute Gasteiger partial charge is 0.252 e. The fourth-order valence-electron chi connectivity index (χ4n) is 1.74. The highest BCUT2D eigenvalue weighted by molar-refractivity contribution is 7.90. The molecule has 0 aliphatic heterocycles. The molecule has 2 rings (SSSR count). The van der Waals surface area contributed by atoms with Gasteiger partial charge in [-0.25, -0.2) is 9.97 Å². The second kappa shape index (κ2) is 6.55. The zero-order valence-electron chi connectivity index (χ0n) is 11.9. The van der Waals surface area contributed by atoms with Crippen LogP contribution in [0.2, 0.25) is 5.15 Å². The minimum Gasteiger partial charge on any atom is -0.252 e. The number of nitrogens with one attached hydrogen (secondary N) is 1. The standard InChI is InChI=1S/C13H17ClN4O2S/c1-3-4-9-18(2)21(19,20)17-13-12(14)15-10-7-5-6-8-11(10)16-13/h5-8H,3-4,9H2,1-2H3,(H,16,17). The zero-order valence-corrected chi connectivity index (χ0v) is 13.4. The van der Waals surface area contributed by atoms with Crippen LogP contribution in [0.25, 0.3) is 11.0 Å². The number of aromatic nitrogens is 2. The number of rotatable bonds is 6. The lowest BCUT2D eigenvalue weighted by Gasteiger charge is -2.17. The number of hydrogen-bond donors (Lipinski definition) is 1. The van der Waals surface area contributed by atoms with Crippen LogP contribution in [-0.2, 0) is 10.2 Å². The lowest BCUT2D eigenvalue weighted by Crippen LogP contribution is -2.33. The fraction of sp³-hybridized carbons (Fsp3) is 0.385. The van der Waals surface area contributed by atoms with Gasteiger partial charge in [-0.05, 0) is 18.6 Å². The van der Waals surface area contributed by atoms with E-state index in [1.807, 2.05) is 13.0 Å². The number of fused-ring (bicyclic) bond motifs is 1. The van der Waals surface area contributed by atoms with Crippen LogP contribution < -0.4 is 4.72 Å². The summed E-state index contributed by atoms with van der Waals surface area (Å²) in [5.41, 5.74) is 1.19. The van der Waals surface area contributed by atoms with E-state index in [1.54, 1.807) is 18.2 Å². The molecule has 8 heteroatoms. The molecule has 1 aromatic heterocycles. The Morgan fingerprint density at radius 3 is 2.48 bits per heavy atom. The number of halogens is 1. The van der Waals surface area contributed by atoms with Gasteiger partial charge in [0.15, 0.2) is 11.0 Å². The first-order valence-corrected chi connectivity index (χ1v) is 8.42. The van der Waals surface area contributed by atoms with Crippen molar-refractivity contribution in [3.8, 4) is 0 Å². The summed E-state index contributed by atoms with van der Waals surface area (Å²) >= 11 is 6.00. The van der Waals surface area contributed by atoms with Crippen LogP contribution in [0.3, 0.4) is 0 Å². The predicted molar refractivity (Wildman–Crippen MR) is 84.6 cm³/mol. The van der Waals surface area contributed by atoms with Gasteiger partial charge < -0.3 is 0 Å².